The second kappa shape index (κ2) is 13.6. The van der Waals surface area contributed by atoms with E-state index < -0.39 is 74.5 Å². The zero-order valence-corrected chi connectivity index (χ0v) is 22.1. The van der Waals surface area contributed by atoms with Gasteiger partial charge in [0.25, 0.3) is 0 Å². The quantitative estimate of drug-likeness (QED) is 0.179. The van der Waals surface area contributed by atoms with E-state index in [4.69, 9.17) is 14.2 Å². The zero-order valence-electron chi connectivity index (χ0n) is 22.1. The first-order valence-corrected chi connectivity index (χ1v) is 13.2. The van der Waals surface area contributed by atoms with Gasteiger partial charge in [-0.3, -0.25) is 5.32 Å². The average molecular weight is 549 g/mol. The minimum absolute atomic E-state index is 0.407. The minimum atomic E-state index is -1.66. The van der Waals surface area contributed by atoms with Gasteiger partial charge in [0.05, 0.1) is 19.3 Å². The van der Waals surface area contributed by atoms with Crippen LogP contribution in [0.2, 0.25) is 0 Å². The topological polar surface area (TPSA) is 173 Å². The molecular weight excluding hydrogens is 508 g/mol. The number of aryl methyl sites for hydroxylation is 2. The fourth-order valence-corrected chi connectivity index (χ4v) is 4.87. The molecule has 11 nitrogen and oxygen atoms in total. The van der Waals surface area contributed by atoms with Crippen molar-refractivity contribution < 1.29 is 44.8 Å². The van der Waals surface area contributed by atoms with Crippen LogP contribution < -0.4 is 10.6 Å². The second-order valence-electron chi connectivity index (χ2n) is 10.3. The van der Waals surface area contributed by atoms with Gasteiger partial charge < -0.3 is 50.2 Å². The number of aliphatic hydroxyl groups excluding tert-OH is 6. The molecule has 0 aromatic heterocycles. The van der Waals surface area contributed by atoms with Crippen LogP contribution in [0.25, 0.3) is 0 Å². The largest absolute Gasteiger partial charge is 0.394 e. The Morgan fingerprint density at radius 1 is 0.667 bits per heavy atom. The maximum atomic E-state index is 11.5. The molecule has 0 saturated carbocycles. The van der Waals surface area contributed by atoms with Gasteiger partial charge in [-0.1, -0.05) is 59.7 Å². The molecule has 10 atom stereocenters. The maximum absolute atomic E-state index is 11.5. The first-order chi connectivity index (χ1) is 18.7. The molecule has 2 saturated heterocycles. The van der Waals surface area contributed by atoms with Crippen molar-refractivity contribution in [1.82, 2.24) is 10.6 Å². The lowest BCUT2D eigenvalue weighted by Crippen LogP contribution is -2.69. The zero-order chi connectivity index (χ0) is 28.1. The van der Waals surface area contributed by atoms with Crippen LogP contribution in [-0.4, -0.2) is 105 Å². The van der Waals surface area contributed by atoms with Crippen molar-refractivity contribution in [2.24, 2.45) is 0 Å². The summed E-state index contributed by atoms with van der Waals surface area (Å²) in [4.78, 5) is 0. The summed E-state index contributed by atoms with van der Waals surface area (Å²) in [5, 5.41) is 68.5. The lowest BCUT2D eigenvalue weighted by molar-refractivity contribution is -0.337. The van der Waals surface area contributed by atoms with E-state index >= 15 is 0 Å². The number of ether oxygens (including phenoxy) is 3. The molecule has 0 unspecified atom stereocenters. The van der Waals surface area contributed by atoms with Gasteiger partial charge in [0.1, 0.15) is 49.0 Å². The fourth-order valence-electron chi connectivity index (χ4n) is 4.87. The van der Waals surface area contributed by atoms with Gasteiger partial charge in [-0.05, 0) is 25.0 Å². The first kappa shape index (κ1) is 30.0. The van der Waals surface area contributed by atoms with Crippen LogP contribution in [-0.2, 0) is 27.3 Å². The molecule has 0 radical (unpaired) electrons. The second-order valence-corrected chi connectivity index (χ2v) is 10.3. The van der Waals surface area contributed by atoms with Crippen LogP contribution in [0.1, 0.15) is 22.3 Å². The molecule has 2 aromatic carbocycles. The summed E-state index contributed by atoms with van der Waals surface area (Å²) in [6.45, 7) is 3.72. The minimum Gasteiger partial charge on any atom is -0.394 e. The van der Waals surface area contributed by atoms with Crippen molar-refractivity contribution in [2.75, 3.05) is 13.2 Å². The third kappa shape index (κ3) is 7.20. The maximum Gasteiger partial charge on any atom is 0.187 e. The van der Waals surface area contributed by atoms with E-state index in [1.54, 1.807) is 0 Å². The van der Waals surface area contributed by atoms with Gasteiger partial charge in [-0.2, -0.15) is 0 Å². The van der Waals surface area contributed by atoms with Crippen LogP contribution in [0, 0.1) is 13.8 Å². The van der Waals surface area contributed by atoms with Gasteiger partial charge in [-0.25, -0.2) is 0 Å². The number of aliphatic hydroxyl groups is 6. The first-order valence-electron chi connectivity index (χ1n) is 13.2. The molecule has 2 aromatic rings. The molecule has 2 fully saturated rings. The van der Waals surface area contributed by atoms with E-state index in [9.17, 15) is 30.6 Å². The summed E-state index contributed by atoms with van der Waals surface area (Å²) in [6, 6.07) is 15.2. The molecule has 11 heteroatoms. The van der Waals surface area contributed by atoms with E-state index in [1.165, 1.54) is 0 Å². The van der Waals surface area contributed by atoms with Crippen LogP contribution >= 0.6 is 0 Å². The highest BCUT2D eigenvalue weighted by molar-refractivity contribution is 5.22. The van der Waals surface area contributed by atoms with Crippen molar-refractivity contribution in [3.63, 3.8) is 0 Å². The Labute approximate surface area is 228 Å². The SMILES string of the molecule is Cc1ccc(CN[C@@H]2[C@@H](O)[C@H](O[C@H]3O[C@H](CO)[C@@H](O)[C@H](O)[C@H]3O)[C@@H](CO)O[C@H]2NCc2ccc(C)cc2)cc1. The van der Waals surface area contributed by atoms with Crippen molar-refractivity contribution in [1.29, 1.82) is 0 Å². The molecule has 216 valence electrons. The molecule has 8 N–H and O–H groups in total. The Balaban J connectivity index is 1.52. The van der Waals surface area contributed by atoms with Crippen molar-refractivity contribution in [3.8, 4) is 0 Å². The summed E-state index contributed by atoms with van der Waals surface area (Å²) in [5.41, 5.74) is 4.25. The van der Waals surface area contributed by atoms with E-state index in [2.05, 4.69) is 10.6 Å². The molecule has 2 aliphatic rings. The standard InChI is InChI=1S/C28H40N2O9/c1-15-3-7-17(8-4-15)11-29-21-23(34)26(39-28-25(36)24(35)22(33)19(13-31)38-28)20(14-32)37-27(21)30-12-18-9-5-16(2)6-10-18/h3-10,19-36H,11-14H2,1-2H3/t19-,20-,21-,22-,23-,24+,25-,26-,27-,28-/m1/s1. The molecule has 0 spiro atoms. The Morgan fingerprint density at radius 3 is 1.74 bits per heavy atom. The van der Waals surface area contributed by atoms with Crippen LogP contribution in [0.3, 0.4) is 0 Å². The number of nitrogens with one attached hydrogen (secondary N) is 2. The van der Waals surface area contributed by atoms with Gasteiger partial charge in [0, 0.05) is 13.1 Å². The monoisotopic (exact) mass is 548 g/mol. The number of hydrogen-bond acceptors (Lipinski definition) is 11. The predicted octanol–water partition coefficient (Wildman–Crippen LogP) is -1.19. The lowest BCUT2D eigenvalue weighted by atomic mass is 9.94. The van der Waals surface area contributed by atoms with Crippen molar-refractivity contribution in [3.05, 3.63) is 70.8 Å². The summed E-state index contributed by atoms with van der Waals surface area (Å²) >= 11 is 0. The fraction of sp³-hybridized carbons (Fsp3) is 0.571. The highest BCUT2D eigenvalue weighted by atomic mass is 16.7. The molecule has 2 aliphatic heterocycles. The Morgan fingerprint density at radius 2 is 1.21 bits per heavy atom. The van der Waals surface area contributed by atoms with E-state index in [-0.39, 0.29) is 0 Å². The average Bonchev–Trinajstić information content (AvgIpc) is 2.94. The Hall–Kier alpha value is -2.00. The summed E-state index contributed by atoms with van der Waals surface area (Å²) in [7, 11) is 0. The number of hydrogen-bond donors (Lipinski definition) is 8. The third-order valence-corrected chi connectivity index (χ3v) is 7.33. The highest BCUT2D eigenvalue weighted by Crippen LogP contribution is 2.29. The highest BCUT2D eigenvalue weighted by Gasteiger charge is 2.50. The number of rotatable bonds is 10. The Kier molecular flexibility index (Phi) is 10.4. The molecule has 39 heavy (non-hydrogen) atoms. The van der Waals surface area contributed by atoms with Crippen molar-refractivity contribution >= 4 is 0 Å². The molecule has 0 amide bonds. The van der Waals surface area contributed by atoms with Gasteiger partial charge in [0.15, 0.2) is 6.29 Å². The van der Waals surface area contributed by atoms with Gasteiger partial charge in [-0.15, -0.1) is 0 Å². The van der Waals surface area contributed by atoms with Crippen molar-refractivity contribution in [2.45, 2.75) is 88.2 Å². The molecule has 4 rings (SSSR count). The van der Waals surface area contributed by atoms with Crippen LogP contribution in [0.5, 0.6) is 0 Å². The summed E-state index contributed by atoms with van der Waals surface area (Å²) < 4.78 is 17.5. The van der Waals surface area contributed by atoms with Crippen LogP contribution in [0.4, 0.5) is 0 Å². The predicted molar refractivity (Wildman–Crippen MR) is 140 cm³/mol. The normalized spacial score (nSPS) is 35.2. The molecular formula is C28H40N2O9. The van der Waals surface area contributed by atoms with E-state index in [0.29, 0.717) is 13.1 Å². The van der Waals surface area contributed by atoms with Crippen LogP contribution in [0.15, 0.2) is 48.5 Å². The van der Waals surface area contributed by atoms with E-state index in [1.807, 2.05) is 62.4 Å². The molecule has 2 heterocycles. The molecule has 0 aliphatic carbocycles. The lowest BCUT2D eigenvalue weighted by Gasteiger charge is -2.47. The van der Waals surface area contributed by atoms with Gasteiger partial charge >= 0.3 is 0 Å². The van der Waals surface area contributed by atoms with E-state index in [0.717, 1.165) is 22.3 Å². The van der Waals surface area contributed by atoms with Gasteiger partial charge in [0.2, 0.25) is 0 Å². The summed E-state index contributed by atoms with van der Waals surface area (Å²) in [5.74, 6) is 0. The third-order valence-electron chi connectivity index (χ3n) is 7.33. The molecule has 0 bridgehead atoms. The summed E-state index contributed by atoms with van der Waals surface area (Å²) in [6.07, 6.45) is -11.7. The number of benzene rings is 2. The smallest absolute Gasteiger partial charge is 0.187 e. The Bertz CT molecular complexity index is 1020.